The molecular formula is C34H39F3N6O2. The number of aryl methyl sites for hydroxylation is 1. The van der Waals surface area contributed by atoms with Crippen molar-refractivity contribution < 1.29 is 22.8 Å². The van der Waals surface area contributed by atoms with Crippen LogP contribution in [-0.4, -0.2) is 50.2 Å². The molecule has 0 amide bonds. The molecule has 4 aromatic rings. The Hall–Kier alpha value is -4.77. The molecule has 1 fully saturated rings. The largest absolute Gasteiger partial charge is 0.416 e. The second-order valence-corrected chi connectivity index (χ2v) is 10.5. The first-order valence-corrected chi connectivity index (χ1v) is 14.5. The highest BCUT2D eigenvalue weighted by Crippen LogP contribution is 2.47. The fraction of sp³-hybridized carbons (Fsp3) is 0.294. The van der Waals surface area contributed by atoms with Gasteiger partial charge in [-0.2, -0.15) is 18.2 Å². The topological polar surface area (TPSA) is 108 Å². The van der Waals surface area contributed by atoms with E-state index in [1.807, 2.05) is 39.2 Å². The zero-order chi connectivity index (χ0) is 32.9. The molecule has 1 heterocycles. The molecule has 0 saturated heterocycles. The Labute approximate surface area is 261 Å². The van der Waals surface area contributed by atoms with E-state index in [0.29, 0.717) is 24.4 Å². The summed E-state index contributed by atoms with van der Waals surface area (Å²) in [4.78, 5) is 28.1. The van der Waals surface area contributed by atoms with Crippen LogP contribution in [0.3, 0.4) is 0 Å². The highest BCUT2D eigenvalue weighted by molar-refractivity contribution is 5.77. The minimum Gasteiger partial charge on any atom is -0.388 e. The summed E-state index contributed by atoms with van der Waals surface area (Å²) in [6.07, 6.45) is 0.603. The third-order valence-corrected chi connectivity index (χ3v) is 7.22. The van der Waals surface area contributed by atoms with Crippen LogP contribution in [0.2, 0.25) is 0 Å². The normalized spacial score (nSPS) is 12.8. The van der Waals surface area contributed by atoms with Gasteiger partial charge in [-0.3, -0.25) is 0 Å². The zero-order valence-electron chi connectivity index (χ0n) is 25.7. The number of carbonyl (C=O) groups is 2. The second-order valence-electron chi connectivity index (χ2n) is 10.5. The molecule has 1 saturated carbocycles. The van der Waals surface area contributed by atoms with E-state index in [1.165, 1.54) is 11.6 Å². The van der Waals surface area contributed by atoms with Gasteiger partial charge in [-0.1, -0.05) is 42.5 Å². The predicted molar refractivity (Wildman–Crippen MR) is 174 cm³/mol. The van der Waals surface area contributed by atoms with Crippen LogP contribution < -0.4 is 21.3 Å². The van der Waals surface area contributed by atoms with Crippen molar-refractivity contribution >= 4 is 36.2 Å². The zero-order valence-corrected chi connectivity index (χ0v) is 25.7. The van der Waals surface area contributed by atoms with Gasteiger partial charge in [0.1, 0.15) is 18.9 Å². The minimum atomic E-state index is -4.34. The number of carbonyl (C=O) groups excluding carboxylic acids is 2. The summed E-state index contributed by atoms with van der Waals surface area (Å²) in [6.45, 7) is 5.86. The number of anilines is 4. The lowest BCUT2D eigenvalue weighted by Gasteiger charge is -2.14. The fourth-order valence-corrected chi connectivity index (χ4v) is 4.54. The van der Waals surface area contributed by atoms with E-state index in [1.54, 1.807) is 6.07 Å². The van der Waals surface area contributed by atoms with E-state index in [4.69, 9.17) is 9.78 Å². The Balaban J connectivity index is 0.000000273. The molecule has 1 aliphatic carbocycles. The fourth-order valence-electron chi connectivity index (χ4n) is 4.54. The number of halogens is 3. The van der Waals surface area contributed by atoms with Crippen molar-refractivity contribution in [2.45, 2.75) is 37.8 Å². The molecule has 0 aliphatic heterocycles. The molecule has 0 atom stereocenters. The molecule has 5 rings (SSSR count). The van der Waals surface area contributed by atoms with Crippen LogP contribution in [0.4, 0.5) is 36.3 Å². The lowest BCUT2D eigenvalue weighted by atomic mass is 9.96. The molecule has 4 N–H and O–H groups in total. The van der Waals surface area contributed by atoms with E-state index in [9.17, 15) is 18.0 Å². The number of hydrogen-bond donors (Lipinski definition) is 4. The summed E-state index contributed by atoms with van der Waals surface area (Å²) in [5, 5.41) is 13.1. The maximum absolute atomic E-state index is 12.4. The van der Waals surface area contributed by atoms with Crippen molar-refractivity contribution in [3.8, 4) is 11.1 Å². The molecule has 0 unspecified atom stereocenters. The minimum absolute atomic E-state index is 0.479. The molecule has 1 aliphatic rings. The lowest BCUT2D eigenvalue weighted by molar-refractivity contribution is -0.137. The lowest BCUT2D eigenvalue weighted by Crippen LogP contribution is -2.14. The Bertz CT molecular complexity index is 1530. The van der Waals surface area contributed by atoms with Crippen molar-refractivity contribution in [3.63, 3.8) is 0 Å². The van der Waals surface area contributed by atoms with E-state index in [0.717, 1.165) is 66.2 Å². The predicted octanol–water partition coefficient (Wildman–Crippen LogP) is 7.01. The quantitative estimate of drug-likeness (QED) is 0.105. The van der Waals surface area contributed by atoms with E-state index >= 15 is 0 Å². The van der Waals surface area contributed by atoms with Gasteiger partial charge in [-0.25, -0.2) is 4.98 Å². The van der Waals surface area contributed by atoms with E-state index in [2.05, 4.69) is 69.6 Å². The highest BCUT2D eigenvalue weighted by Gasteiger charge is 2.45. The third-order valence-electron chi connectivity index (χ3n) is 7.22. The van der Waals surface area contributed by atoms with Gasteiger partial charge in [-0.15, -0.1) is 0 Å². The molecule has 0 bridgehead atoms. The van der Waals surface area contributed by atoms with Crippen molar-refractivity contribution in [3.05, 3.63) is 95.7 Å². The summed E-state index contributed by atoms with van der Waals surface area (Å²) in [6, 6.07) is 21.5. The number of nitrogens with zero attached hydrogens (tertiary/aromatic N) is 2. The van der Waals surface area contributed by atoms with Gasteiger partial charge in [0.05, 0.1) is 11.0 Å². The van der Waals surface area contributed by atoms with Gasteiger partial charge in [0, 0.05) is 36.7 Å². The van der Waals surface area contributed by atoms with Crippen molar-refractivity contribution in [2.75, 3.05) is 43.1 Å². The summed E-state index contributed by atoms with van der Waals surface area (Å²) in [5.41, 5.74) is 4.47. The molecule has 1 aromatic heterocycles. The van der Waals surface area contributed by atoms with Crippen LogP contribution in [0.5, 0.6) is 0 Å². The molecule has 8 nitrogen and oxygen atoms in total. The Morgan fingerprint density at radius 2 is 1.64 bits per heavy atom. The second kappa shape index (κ2) is 16.3. The standard InChI is InChI=1S/C22H28N6.C11H9F3O.CH2O/c1-16-6-4-7-19(14-16)27-22-26-15-20(17-8-10-18(24-3)11-9-17)21(28-22)25-13-5-12-23-2;12-11(13,14)9-3-1-2-8(6-9)10(7-15)4-5-10;1-2/h4,6-11,14-15,23-24H,5,12-13H2,1-3H3,(H2,25,26,27,28);1-3,6-7H,4-5H2;1H2. The summed E-state index contributed by atoms with van der Waals surface area (Å²) in [5.74, 6) is 1.41. The summed E-state index contributed by atoms with van der Waals surface area (Å²) in [7, 11) is 3.88. The smallest absolute Gasteiger partial charge is 0.388 e. The summed E-state index contributed by atoms with van der Waals surface area (Å²) < 4.78 is 37.2. The van der Waals surface area contributed by atoms with Gasteiger partial charge in [0.25, 0.3) is 0 Å². The van der Waals surface area contributed by atoms with Crippen LogP contribution in [0.1, 0.15) is 36.0 Å². The first kappa shape index (κ1) is 34.7. The Morgan fingerprint density at radius 1 is 0.933 bits per heavy atom. The van der Waals surface area contributed by atoms with Crippen LogP contribution in [0.25, 0.3) is 11.1 Å². The molecular weight excluding hydrogens is 581 g/mol. The maximum atomic E-state index is 12.4. The number of hydrogen-bond acceptors (Lipinski definition) is 8. The molecule has 238 valence electrons. The van der Waals surface area contributed by atoms with Gasteiger partial charge in [0.2, 0.25) is 5.95 Å². The van der Waals surface area contributed by atoms with Crippen molar-refractivity contribution in [2.24, 2.45) is 0 Å². The number of aromatic nitrogens is 2. The number of benzene rings is 3. The molecule has 11 heteroatoms. The first-order chi connectivity index (χ1) is 21.7. The SMILES string of the molecule is C=O.CNCCCNc1nc(Nc2cccc(C)c2)ncc1-c1ccc(NC)cc1.O=CC1(c2cccc(C(F)(F)F)c2)CC1. The van der Waals surface area contributed by atoms with Crippen LogP contribution in [0.15, 0.2) is 79.0 Å². The van der Waals surface area contributed by atoms with Crippen LogP contribution in [-0.2, 0) is 21.2 Å². The van der Waals surface area contributed by atoms with Gasteiger partial charge in [-0.05, 0) is 86.8 Å². The summed E-state index contributed by atoms with van der Waals surface area (Å²) >= 11 is 0. The molecule has 45 heavy (non-hydrogen) atoms. The monoisotopic (exact) mass is 620 g/mol. The third kappa shape index (κ3) is 9.87. The average Bonchev–Trinajstić information content (AvgIpc) is 3.86. The van der Waals surface area contributed by atoms with Crippen LogP contribution >= 0.6 is 0 Å². The Morgan fingerprint density at radius 3 is 2.24 bits per heavy atom. The van der Waals surface area contributed by atoms with Gasteiger partial charge in [0.15, 0.2) is 0 Å². The molecule has 0 radical (unpaired) electrons. The number of alkyl halides is 3. The van der Waals surface area contributed by atoms with E-state index in [-0.39, 0.29) is 0 Å². The maximum Gasteiger partial charge on any atom is 0.416 e. The van der Waals surface area contributed by atoms with Gasteiger partial charge >= 0.3 is 6.18 Å². The van der Waals surface area contributed by atoms with E-state index < -0.39 is 17.2 Å². The molecule has 0 spiro atoms. The van der Waals surface area contributed by atoms with Crippen molar-refractivity contribution in [1.29, 1.82) is 0 Å². The van der Waals surface area contributed by atoms with Crippen LogP contribution in [0, 0.1) is 6.92 Å². The first-order valence-electron chi connectivity index (χ1n) is 14.5. The Kier molecular flexibility index (Phi) is 12.6. The molecule has 3 aromatic carbocycles. The highest BCUT2D eigenvalue weighted by atomic mass is 19.4. The number of aldehydes is 1. The van der Waals surface area contributed by atoms with Crippen molar-refractivity contribution in [1.82, 2.24) is 15.3 Å². The number of rotatable bonds is 11. The number of nitrogens with one attached hydrogen (secondary N) is 4. The van der Waals surface area contributed by atoms with Gasteiger partial charge < -0.3 is 30.9 Å². The average molecular weight is 621 g/mol.